The maximum absolute atomic E-state index is 5.42. The van der Waals surface area contributed by atoms with Crippen molar-refractivity contribution in [2.45, 2.75) is 13.8 Å². The Hall–Kier alpha value is -1.38. The molecule has 3 heteroatoms. The van der Waals surface area contributed by atoms with Crippen molar-refractivity contribution in [3.63, 3.8) is 0 Å². The summed E-state index contributed by atoms with van der Waals surface area (Å²) in [5, 5.41) is 0. The van der Waals surface area contributed by atoms with E-state index in [0.29, 0.717) is 5.84 Å². The molecular formula is C8H11N3. The fraction of sp³-hybridized carbons (Fsp3) is 0.250. The number of nitrogens with zero attached hydrogens (tertiary/aromatic N) is 2. The second-order valence-electron chi connectivity index (χ2n) is 2.36. The second-order valence-corrected chi connectivity index (χ2v) is 2.36. The average molecular weight is 149 g/mol. The fourth-order valence-electron chi connectivity index (χ4n) is 0.784. The summed E-state index contributed by atoms with van der Waals surface area (Å²) in [6, 6.07) is 3.73. The minimum Gasteiger partial charge on any atom is -0.387 e. The highest BCUT2D eigenvalue weighted by atomic mass is 14.9. The largest absolute Gasteiger partial charge is 0.387 e. The van der Waals surface area contributed by atoms with Crippen molar-refractivity contribution in [3.05, 3.63) is 24.0 Å². The van der Waals surface area contributed by atoms with Crippen molar-refractivity contribution in [1.82, 2.24) is 4.98 Å². The van der Waals surface area contributed by atoms with Crippen LogP contribution in [0, 0.1) is 6.92 Å². The highest BCUT2D eigenvalue weighted by Crippen LogP contribution is 2.13. The Kier molecular flexibility index (Phi) is 2.21. The molecule has 0 aromatic carbocycles. The minimum atomic E-state index is 0.557. The normalized spacial score (nSPS) is 11.6. The van der Waals surface area contributed by atoms with E-state index < -0.39 is 0 Å². The van der Waals surface area contributed by atoms with Crippen LogP contribution in [0.4, 0.5) is 5.69 Å². The van der Waals surface area contributed by atoms with Gasteiger partial charge < -0.3 is 5.73 Å². The molecule has 1 rings (SSSR count). The Balaban J connectivity index is 3.04. The smallest absolute Gasteiger partial charge is 0.0965 e. The van der Waals surface area contributed by atoms with Crippen molar-refractivity contribution >= 4 is 11.5 Å². The van der Waals surface area contributed by atoms with Gasteiger partial charge >= 0.3 is 0 Å². The lowest BCUT2D eigenvalue weighted by molar-refractivity contribution is 1.18. The molecule has 0 atom stereocenters. The average Bonchev–Trinajstić information content (AvgIpc) is 1.93. The third kappa shape index (κ3) is 2.04. The molecule has 1 aromatic heterocycles. The van der Waals surface area contributed by atoms with Gasteiger partial charge in [-0.15, -0.1) is 0 Å². The molecule has 0 bridgehead atoms. The summed E-state index contributed by atoms with van der Waals surface area (Å²) in [5.74, 6) is 0.557. The van der Waals surface area contributed by atoms with Crippen LogP contribution in [0.2, 0.25) is 0 Å². The van der Waals surface area contributed by atoms with E-state index in [-0.39, 0.29) is 0 Å². The van der Waals surface area contributed by atoms with E-state index in [0.717, 1.165) is 11.4 Å². The maximum atomic E-state index is 5.42. The number of aromatic nitrogens is 1. The third-order valence-electron chi connectivity index (χ3n) is 1.28. The van der Waals surface area contributed by atoms with Gasteiger partial charge in [0, 0.05) is 6.20 Å². The molecule has 1 heterocycles. The summed E-state index contributed by atoms with van der Waals surface area (Å²) in [4.78, 5) is 8.16. The van der Waals surface area contributed by atoms with Gasteiger partial charge in [0.1, 0.15) is 0 Å². The van der Waals surface area contributed by atoms with E-state index in [1.54, 1.807) is 13.1 Å². The van der Waals surface area contributed by atoms with Crippen molar-refractivity contribution in [1.29, 1.82) is 0 Å². The van der Waals surface area contributed by atoms with E-state index >= 15 is 0 Å². The third-order valence-corrected chi connectivity index (χ3v) is 1.28. The molecule has 2 N–H and O–H groups in total. The van der Waals surface area contributed by atoms with Gasteiger partial charge in [-0.25, -0.2) is 4.99 Å². The summed E-state index contributed by atoms with van der Waals surface area (Å²) in [5.41, 5.74) is 7.16. The van der Waals surface area contributed by atoms with Crippen LogP contribution in [0.25, 0.3) is 0 Å². The number of pyridine rings is 1. The second kappa shape index (κ2) is 3.14. The quantitative estimate of drug-likeness (QED) is 0.484. The predicted molar refractivity (Wildman–Crippen MR) is 45.9 cm³/mol. The molecule has 58 valence electrons. The van der Waals surface area contributed by atoms with E-state index in [2.05, 4.69) is 9.98 Å². The molecule has 0 saturated heterocycles. The summed E-state index contributed by atoms with van der Waals surface area (Å²) in [6.45, 7) is 3.66. The van der Waals surface area contributed by atoms with Crippen LogP contribution in [0.3, 0.4) is 0 Å². The van der Waals surface area contributed by atoms with Gasteiger partial charge in [0.2, 0.25) is 0 Å². The molecule has 0 aliphatic rings. The molecule has 3 nitrogen and oxygen atoms in total. The van der Waals surface area contributed by atoms with Crippen LogP contribution in [0.1, 0.15) is 12.6 Å². The van der Waals surface area contributed by atoms with Gasteiger partial charge in [0.05, 0.1) is 17.2 Å². The van der Waals surface area contributed by atoms with E-state index in [1.807, 2.05) is 19.1 Å². The van der Waals surface area contributed by atoms with Crippen molar-refractivity contribution in [2.24, 2.45) is 10.7 Å². The van der Waals surface area contributed by atoms with Crippen LogP contribution in [-0.4, -0.2) is 10.8 Å². The van der Waals surface area contributed by atoms with Gasteiger partial charge in [-0.2, -0.15) is 0 Å². The Morgan fingerprint density at radius 3 is 2.91 bits per heavy atom. The molecule has 0 saturated carbocycles. The highest BCUT2D eigenvalue weighted by Gasteiger charge is 1.93. The van der Waals surface area contributed by atoms with E-state index in [9.17, 15) is 0 Å². The Morgan fingerprint density at radius 1 is 1.64 bits per heavy atom. The number of rotatable bonds is 1. The van der Waals surface area contributed by atoms with Crippen LogP contribution < -0.4 is 5.73 Å². The summed E-state index contributed by atoms with van der Waals surface area (Å²) in [7, 11) is 0. The lowest BCUT2D eigenvalue weighted by Gasteiger charge is -1.97. The zero-order valence-electron chi connectivity index (χ0n) is 6.70. The Labute approximate surface area is 66.0 Å². The molecule has 0 fully saturated rings. The SMILES string of the molecule is CC(N)=Nc1cccnc1C. The summed E-state index contributed by atoms with van der Waals surface area (Å²) in [6.07, 6.45) is 1.74. The van der Waals surface area contributed by atoms with E-state index in [4.69, 9.17) is 5.73 Å². The number of nitrogens with two attached hydrogens (primary N) is 1. The van der Waals surface area contributed by atoms with Gasteiger partial charge in [-0.05, 0) is 26.0 Å². The fourth-order valence-corrected chi connectivity index (χ4v) is 0.784. The van der Waals surface area contributed by atoms with Crippen LogP contribution >= 0.6 is 0 Å². The van der Waals surface area contributed by atoms with Gasteiger partial charge in [-0.3, -0.25) is 4.98 Å². The lowest BCUT2D eigenvalue weighted by atomic mass is 10.3. The first-order valence-electron chi connectivity index (χ1n) is 3.42. The molecule has 0 amide bonds. The number of hydrogen-bond acceptors (Lipinski definition) is 2. The Morgan fingerprint density at radius 2 is 2.36 bits per heavy atom. The number of aryl methyl sites for hydroxylation is 1. The van der Waals surface area contributed by atoms with Crippen molar-refractivity contribution < 1.29 is 0 Å². The molecule has 0 spiro atoms. The van der Waals surface area contributed by atoms with Gasteiger partial charge in [0.25, 0.3) is 0 Å². The monoisotopic (exact) mass is 149 g/mol. The molecule has 1 aromatic rings. The van der Waals surface area contributed by atoms with Gasteiger partial charge in [-0.1, -0.05) is 0 Å². The van der Waals surface area contributed by atoms with Crippen LogP contribution in [-0.2, 0) is 0 Å². The first-order chi connectivity index (χ1) is 5.20. The molecular weight excluding hydrogens is 138 g/mol. The lowest BCUT2D eigenvalue weighted by Crippen LogP contribution is -2.04. The number of amidine groups is 1. The zero-order valence-corrected chi connectivity index (χ0v) is 6.70. The van der Waals surface area contributed by atoms with Crippen LogP contribution in [0.5, 0.6) is 0 Å². The Bertz CT molecular complexity index is 274. The van der Waals surface area contributed by atoms with E-state index in [1.165, 1.54) is 0 Å². The first kappa shape index (κ1) is 7.72. The zero-order chi connectivity index (χ0) is 8.27. The topological polar surface area (TPSA) is 51.3 Å². The maximum Gasteiger partial charge on any atom is 0.0965 e. The molecule has 0 aliphatic heterocycles. The predicted octanol–water partition coefficient (Wildman–Crippen LogP) is 1.40. The van der Waals surface area contributed by atoms with Gasteiger partial charge in [0.15, 0.2) is 0 Å². The van der Waals surface area contributed by atoms with Crippen LogP contribution in [0.15, 0.2) is 23.3 Å². The summed E-state index contributed by atoms with van der Waals surface area (Å²) < 4.78 is 0. The first-order valence-corrected chi connectivity index (χ1v) is 3.42. The molecule has 0 unspecified atom stereocenters. The molecule has 11 heavy (non-hydrogen) atoms. The summed E-state index contributed by atoms with van der Waals surface area (Å²) >= 11 is 0. The standard InChI is InChI=1S/C8H11N3/c1-6-8(11-7(2)9)4-3-5-10-6/h3-5H,1-2H3,(H2,9,11). The van der Waals surface area contributed by atoms with Crippen molar-refractivity contribution in [2.75, 3.05) is 0 Å². The minimum absolute atomic E-state index is 0.557. The number of aliphatic imine (C=N–C) groups is 1. The van der Waals surface area contributed by atoms with Crippen molar-refractivity contribution in [3.8, 4) is 0 Å². The molecule has 0 aliphatic carbocycles. The number of hydrogen-bond donors (Lipinski definition) is 1. The molecule has 0 radical (unpaired) electrons. The highest BCUT2D eigenvalue weighted by molar-refractivity contribution is 5.80.